The molecule has 1 amide bonds. The summed E-state index contributed by atoms with van der Waals surface area (Å²) in [6, 6.07) is 5.24. The van der Waals surface area contributed by atoms with E-state index in [0.29, 0.717) is 33.2 Å². The van der Waals surface area contributed by atoms with E-state index in [-0.39, 0.29) is 5.91 Å². The fourth-order valence-electron chi connectivity index (χ4n) is 1.99. The number of amides is 1. The smallest absolute Gasteiger partial charge is 0.270 e. The maximum atomic E-state index is 12.0. The van der Waals surface area contributed by atoms with E-state index in [1.807, 2.05) is 6.07 Å². The van der Waals surface area contributed by atoms with Gasteiger partial charge < -0.3 is 10.6 Å². The molecule has 2 heterocycles. The zero-order valence-corrected chi connectivity index (χ0v) is 13.4. The van der Waals surface area contributed by atoms with E-state index in [2.05, 4.69) is 15.6 Å². The summed E-state index contributed by atoms with van der Waals surface area (Å²) in [5.41, 5.74) is 1.21. The Balaban J connectivity index is 1.71. The molecule has 1 aromatic carbocycles. The molecule has 21 heavy (non-hydrogen) atoms. The Kier molecular flexibility index (Phi) is 4.45. The number of rotatable bonds is 4. The van der Waals surface area contributed by atoms with Crippen LogP contribution in [0, 0.1) is 5.92 Å². The number of aromatic nitrogens is 1. The normalized spacial score (nSPS) is 14.8. The summed E-state index contributed by atoms with van der Waals surface area (Å²) in [4.78, 5) is 16.4. The maximum absolute atomic E-state index is 12.0. The second-order valence-electron chi connectivity index (χ2n) is 4.90. The predicted octanol–water partition coefficient (Wildman–Crippen LogP) is 3.07. The Hall–Kier alpha value is -1.14. The molecule has 0 bridgehead atoms. The Morgan fingerprint density at radius 3 is 2.90 bits per heavy atom. The number of hydrogen-bond donors (Lipinski definition) is 2. The standard InChI is InChI=1S/C14H13Cl2N3OS/c15-9-1-2-10(11(16)3-9)14-19-12(7-21-14)13(20)18-6-8-4-17-5-8/h1-3,7-8,17H,4-6H2,(H,18,20). The summed E-state index contributed by atoms with van der Waals surface area (Å²) in [6.45, 7) is 2.60. The number of thiazole rings is 1. The fourth-order valence-corrected chi connectivity index (χ4v) is 3.38. The molecule has 0 saturated carbocycles. The third-order valence-electron chi connectivity index (χ3n) is 3.32. The summed E-state index contributed by atoms with van der Waals surface area (Å²) >= 11 is 13.4. The van der Waals surface area contributed by atoms with E-state index in [9.17, 15) is 4.79 Å². The van der Waals surface area contributed by atoms with Crippen LogP contribution >= 0.6 is 34.5 Å². The van der Waals surface area contributed by atoms with E-state index in [0.717, 1.165) is 18.7 Å². The number of carbonyl (C=O) groups excluding carboxylic acids is 1. The number of nitrogens with one attached hydrogen (secondary N) is 2. The highest BCUT2D eigenvalue weighted by atomic mass is 35.5. The summed E-state index contributed by atoms with van der Waals surface area (Å²) in [7, 11) is 0. The largest absolute Gasteiger partial charge is 0.350 e. The average Bonchev–Trinajstić information content (AvgIpc) is 2.86. The number of benzene rings is 1. The molecule has 3 rings (SSSR count). The van der Waals surface area contributed by atoms with Crippen LogP contribution in [0.2, 0.25) is 10.0 Å². The molecule has 1 fully saturated rings. The van der Waals surface area contributed by atoms with Crippen LogP contribution in [0.5, 0.6) is 0 Å². The SMILES string of the molecule is O=C(NCC1CNC1)c1csc(-c2ccc(Cl)cc2Cl)n1. The van der Waals surface area contributed by atoms with Crippen LogP contribution in [0.4, 0.5) is 0 Å². The minimum absolute atomic E-state index is 0.144. The van der Waals surface area contributed by atoms with Crippen LogP contribution in [0.25, 0.3) is 10.6 Å². The molecule has 0 spiro atoms. The van der Waals surface area contributed by atoms with Crippen molar-refractivity contribution in [1.29, 1.82) is 0 Å². The molecule has 0 unspecified atom stereocenters. The van der Waals surface area contributed by atoms with Gasteiger partial charge in [0.25, 0.3) is 5.91 Å². The summed E-state index contributed by atoms with van der Waals surface area (Å²) < 4.78 is 0. The van der Waals surface area contributed by atoms with Crippen molar-refractivity contribution in [2.24, 2.45) is 5.92 Å². The molecule has 2 N–H and O–H groups in total. The Bertz CT molecular complexity index is 670. The van der Waals surface area contributed by atoms with Crippen molar-refractivity contribution in [3.63, 3.8) is 0 Å². The lowest BCUT2D eigenvalue weighted by atomic mass is 10.0. The molecule has 1 aromatic heterocycles. The zero-order valence-electron chi connectivity index (χ0n) is 11.0. The summed E-state index contributed by atoms with van der Waals surface area (Å²) in [5.74, 6) is 0.382. The van der Waals surface area contributed by atoms with E-state index in [1.54, 1.807) is 17.5 Å². The predicted molar refractivity (Wildman–Crippen MR) is 86.3 cm³/mol. The maximum Gasteiger partial charge on any atom is 0.270 e. The van der Waals surface area contributed by atoms with E-state index >= 15 is 0 Å². The van der Waals surface area contributed by atoms with Gasteiger partial charge >= 0.3 is 0 Å². The van der Waals surface area contributed by atoms with Crippen LogP contribution in [-0.2, 0) is 0 Å². The number of carbonyl (C=O) groups is 1. The van der Waals surface area contributed by atoms with Crippen molar-refractivity contribution in [2.75, 3.05) is 19.6 Å². The minimum Gasteiger partial charge on any atom is -0.350 e. The summed E-state index contributed by atoms with van der Waals surface area (Å²) in [5, 5.41) is 9.64. The molecule has 110 valence electrons. The van der Waals surface area contributed by atoms with E-state index < -0.39 is 0 Å². The highest BCUT2D eigenvalue weighted by Crippen LogP contribution is 2.32. The van der Waals surface area contributed by atoms with Crippen molar-refractivity contribution >= 4 is 40.4 Å². The number of halogens is 2. The van der Waals surface area contributed by atoms with Crippen molar-refractivity contribution < 1.29 is 4.79 Å². The Morgan fingerprint density at radius 2 is 2.24 bits per heavy atom. The lowest BCUT2D eigenvalue weighted by molar-refractivity contribution is 0.0938. The minimum atomic E-state index is -0.144. The molecule has 7 heteroatoms. The lowest BCUT2D eigenvalue weighted by Gasteiger charge is -2.26. The zero-order chi connectivity index (χ0) is 14.8. The quantitative estimate of drug-likeness (QED) is 0.898. The molecule has 1 saturated heterocycles. The number of hydrogen-bond acceptors (Lipinski definition) is 4. The van der Waals surface area contributed by atoms with Gasteiger partial charge in [-0.2, -0.15) is 0 Å². The third kappa shape index (κ3) is 3.37. The van der Waals surface area contributed by atoms with Gasteiger partial charge in [0.05, 0.1) is 5.02 Å². The topological polar surface area (TPSA) is 54.0 Å². The molecule has 1 aliphatic rings. The van der Waals surface area contributed by atoms with E-state index in [1.165, 1.54) is 11.3 Å². The first kappa shape index (κ1) is 14.8. The van der Waals surface area contributed by atoms with Crippen LogP contribution in [0.15, 0.2) is 23.6 Å². The molecule has 0 atom stereocenters. The van der Waals surface area contributed by atoms with Gasteiger partial charge in [0.15, 0.2) is 0 Å². The third-order valence-corrected chi connectivity index (χ3v) is 4.74. The summed E-state index contributed by atoms with van der Waals surface area (Å²) in [6.07, 6.45) is 0. The van der Waals surface area contributed by atoms with Gasteiger partial charge in [-0.3, -0.25) is 4.79 Å². The average molecular weight is 342 g/mol. The van der Waals surface area contributed by atoms with E-state index in [4.69, 9.17) is 23.2 Å². The first-order chi connectivity index (χ1) is 10.1. The van der Waals surface area contributed by atoms with Gasteiger partial charge in [-0.05, 0) is 18.2 Å². The second-order valence-corrected chi connectivity index (χ2v) is 6.60. The van der Waals surface area contributed by atoms with Gasteiger partial charge in [-0.25, -0.2) is 4.98 Å². The van der Waals surface area contributed by atoms with Gasteiger partial charge in [0.1, 0.15) is 10.7 Å². The van der Waals surface area contributed by atoms with Crippen LogP contribution in [-0.4, -0.2) is 30.5 Å². The van der Waals surface area contributed by atoms with Crippen molar-refractivity contribution in [3.05, 3.63) is 39.3 Å². The van der Waals surface area contributed by atoms with Gasteiger partial charge in [0, 0.05) is 41.5 Å². The van der Waals surface area contributed by atoms with Gasteiger partial charge in [-0.1, -0.05) is 23.2 Å². The van der Waals surface area contributed by atoms with Crippen molar-refractivity contribution in [3.8, 4) is 10.6 Å². The first-order valence-electron chi connectivity index (χ1n) is 6.53. The van der Waals surface area contributed by atoms with Gasteiger partial charge in [0.2, 0.25) is 0 Å². The highest BCUT2D eigenvalue weighted by Gasteiger charge is 2.19. The van der Waals surface area contributed by atoms with Crippen LogP contribution < -0.4 is 10.6 Å². The molecular formula is C14H13Cl2N3OS. The van der Waals surface area contributed by atoms with Gasteiger partial charge in [-0.15, -0.1) is 11.3 Å². The second kappa shape index (κ2) is 6.32. The lowest BCUT2D eigenvalue weighted by Crippen LogP contribution is -2.48. The monoisotopic (exact) mass is 341 g/mol. The molecule has 0 radical (unpaired) electrons. The molecule has 1 aliphatic heterocycles. The number of nitrogens with zero attached hydrogens (tertiary/aromatic N) is 1. The molecule has 4 nitrogen and oxygen atoms in total. The highest BCUT2D eigenvalue weighted by molar-refractivity contribution is 7.13. The van der Waals surface area contributed by atoms with Crippen LogP contribution in [0.3, 0.4) is 0 Å². The fraction of sp³-hybridized carbons (Fsp3) is 0.286. The molecule has 2 aromatic rings. The van der Waals surface area contributed by atoms with Crippen molar-refractivity contribution in [2.45, 2.75) is 0 Å². The first-order valence-corrected chi connectivity index (χ1v) is 8.17. The molecule has 0 aliphatic carbocycles. The Labute approximate surface area is 136 Å². The van der Waals surface area contributed by atoms with Crippen LogP contribution in [0.1, 0.15) is 10.5 Å². The van der Waals surface area contributed by atoms with Crippen molar-refractivity contribution in [1.82, 2.24) is 15.6 Å². The Morgan fingerprint density at radius 1 is 1.43 bits per heavy atom. The molecular weight excluding hydrogens is 329 g/mol.